The Kier molecular flexibility index (Phi) is 3.55. The molecule has 6 fully saturated rings. The summed E-state index contributed by atoms with van der Waals surface area (Å²) in [6.45, 7) is 12.6. The lowest BCUT2D eigenvalue weighted by atomic mass is 9.43. The Morgan fingerprint density at radius 3 is 2.76 bits per heavy atom. The van der Waals surface area contributed by atoms with Crippen LogP contribution in [0.5, 0.6) is 0 Å². The van der Waals surface area contributed by atoms with Gasteiger partial charge in [0.2, 0.25) is 0 Å². The van der Waals surface area contributed by atoms with Crippen molar-refractivity contribution in [3.05, 3.63) is 12.2 Å². The number of ether oxygens (including phenoxy) is 1. The summed E-state index contributed by atoms with van der Waals surface area (Å²) < 4.78 is 6.01. The molecule has 7 bridgehead atoms. The Morgan fingerprint density at radius 1 is 1.31 bits per heavy atom. The van der Waals surface area contributed by atoms with Gasteiger partial charge in [0.05, 0.1) is 12.2 Å². The number of fused-ring (bicyclic) bond motifs is 1. The van der Waals surface area contributed by atoms with Gasteiger partial charge >= 0.3 is 5.97 Å². The van der Waals surface area contributed by atoms with E-state index in [1.165, 1.54) is 6.92 Å². The lowest BCUT2D eigenvalue weighted by molar-refractivity contribution is -0.220. The molecule has 5 nitrogen and oxygen atoms in total. The van der Waals surface area contributed by atoms with Crippen molar-refractivity contribution in [1.29, 1.82) is 0 Å². The molecule has 1 aliphatic heterocycles. The minimum Gasteiger partial charge on any atom is -0.457 e. The largest absolute Gasteiger partial charge is 0.457 e. The Morgan fingerprint density at radius 2 is 2.07 bits per heavy atom. The molecule has 11 atom stereocenters. The molecular weight excluding hydrogens is 366 g/mol. The third-order valence-corrected chi connectivity index (χ3v) is 10.8. The van der Waals surface area contributed by atoms with E-state index in [0.29, 0.717) is 17.9 Å². The number of likely N-dealkylation sites (tertiary alicyclic amines) is 1. The molecule has 29 heavy (non-hydrogen) atoms. The van der Waals surface area contributed by atoms with Crippen LogP contribution in [0.4, 0.5) is 0 Å². The maximum Gasteiger partial charge on any atom is 0.303 e. The molecule has 1 heterocycles. The van der Waals surface area contributed by atoms with E-state index in [2.05, 4.69) is 25.3 Å². The minimum atomic E-state index is -0.439. The summed E-state index contributed by atoms with van der Waals surface area (Å²) >= 11 is 0. The number of piperidine rings is 1. The van der Waals surface area contributed by atoms with Crippen LogP contribution < -0.4 is 0 Å². The van der Waals surface area contributed by atoms with Crippen LogP contribution in [0.3, 0.4) is 0 Å². The van der Waals surface area contributed by atoms with E-state index in [-0.39, 0.29) is 46.3 Å². The van der Waals surface area contributed by atoms with Crippen LogP contribution in [0, 0.1) is 39.9 Å². The molecule has 2 spiro atoms. The van der Waals surface area contributed by atoms with Gasteiger partial charge in [-0.2, -0.15) is 0 Å². The fourth-order valence-electron chi connectivity index (χ4n) is 10.3. The molecular formula is C24H35NO4. The molecule has 0 aromatic heterocycles. The number of hydrogen-bond donors (Lipinski definition) is 2. The number of aliphatic hydroxyl groups is 2. The number of rotatable bonds is 2. The van der Waals surface area contributed by atoms with Crippen molar-refractivity contribution >= 4 is 5.97 Å². The summed E-state index contributed by atoms with van der Waals surface area (Å²) in [6, 6.07) is 0.334. The molecule has 160 valence electrons. The van der Waals surface area contributed by atoms with Gasteiger partial charge in [-0.05, 0) is 67.4 Å². The van der Waals surface area contributed by atoms with E-state index in [4.69, 9.17) is 4.74 Å². The Hall–Kier alpha value is -0.910. The minimum absolute atomic E-state index is 0.0217. The lowest BCUT2D eigenvalue weighted by Gasteiger charge is -2.65. The predicted molar refractivity (Wildman–Crippen MR) is 108 cm³/mol. The maximum absolute atomic E-state index is 12.1. The number of hydrogen-bond acceptors (Lipinski definition) is 5. The van der Waals surface area contributed by atoms with Crippen molar-refractivity contribution in [1.82, 2.24) is 4.90 Å². The summed E-state index contributed by atoms with van der Waals surface area (Å²) in [7, 11) is 0. The monoisotopic (exact) mass is 401 g/mol. The normalized spacial score (nSPS) is 59.7. The van der Waals surface area contributed by atoms with E-state index < -0.39 is 6.10 Å². The third kappa shape index (κ3) is 1.81. The van der Waals surface area contributed by atoms with Gasteiger partial charge in [-0.3, -0.25) is 9.69 Å². The first-order chi connectivity index (χ1) is 13.7. The molecule has 6 aliphatic rings. The van der Waals surface area contributed by atoms with Gasteiger partial charge in [0.25, 0.3) is 0 Å². The van der Waals surface area contributed by atoms with Crippen LogP contribution in [0.1, 0.15) is 52.9 Å². The summed E-state index contributed by atoms with van der Waals surface area (Å²) in [5.74, 6) is 0.875. The zero-order valence-corrected chi connectivity index (χ0v) is 17.9. The fourth-order valence-corrected chi connectivity index (χ4v) is 10.3. The molecule has 0 amide bonds. The van der Waals surface area contributed by atoms with Crippen molar-refractivity contribution in [2.75, 3.05) is 13.1 Å². The van der Waals surface area contributed by atoms with Crippen molar-refractivity contribution in [2.45, 2.75) is 77.2 Å². The molecule has 1 saturated heterocycles. The number of esters is 1. The van der Waals surface area contributed by atoms with Crippen LogP contribution >= 0.6 is 0 Å². The van der Waals surface area contributed by atoms with Crippen molar-refractivity contribution < 1.29 is 19.7 Å². The van der Waals surface area contributed by atoms with E-state index in [9.17, 15) is 15.0 Å². The predicted octanol–water partition coefficient (Wildman–Crippen LogP) is 2.36. The zero-order chi connectivity index (χ0) is 20.5. The standard InChI is InChI=1S/C24H35NO4/c1-5-25-11-22(4)7-6-19(28)24-17(22)8-15(20(24)25)23-10-14(16(27)9-18(23)24)12(2)21(23)29-13(3)26/h14-21,27-28H,2,5-11H2,1,3-4H3/t14-,15+,16+,17-,18-,19+,20-,21-,22+,23+,24-/m1/s1. The number of nitrogens with zero attached hydrogens (tertiary/aromatic N) is 1. The molecule has 0 aromatic rings. The first-order valence-corrected chi connectivity index (χ1v) is 11.7. The maximum atomic E-state index is 12.1. The molecule has 5 saturated carbocycles. The second-order valence-corrected chi connectivity index (χ2v) is 11.5. The highest BCUT2D eigenvalue weighted by Crippen LogP contribution is 2.83. The highest BCUT2D eigenvalue weighted by atomic mass is 16.5. The zero-order valence-electron chi connectivity index (χ0n) is 17.9. The second-order valence-electron chi connectivity index (χ2n) is 11.5. The smallest absolute Gasteiger partial charge is 0.303 e. The Labute approximate surface area is 173 Å². The summed E-state index contributed by atoms with van der Waals surface area (Å²) in [5.41, 5.74) is 0.812. The van der Waals surface area contributed by atoms with E-state index in [0.717, 1.165) is 50.8 Å². The van der Waals surface area contributed by atoms with Gasteiger partial charge in [0.15, 0.2) is 0 Å². The van der Waals surface area contributed by atoms with E-state index in [1.807, 2.05) is 0 Å². The molecule has 0 unspecified atom stereocenters. The van der Waals surface area contributed by atoms with Crippen LogP contribution in [0.2, 0.25) is 0 Å². The average molecular weight is 402 g/mol. The number of carbonyl (C=O) groups is 1. The van der Waals surface area contributed by atoms with Crippen LogP contribution in [-0.2, 0) is 9.53 Å². The second kappa shape index (κ2) is 5.46. The van der Waals surface area contributed by atoms with Crippen LogP contribution in [0.15, 0.2) is 12.2 Å². The average Bonchev–Trinajstić information content (AvgIpc) is 3.19. The van der Waals surface area contributed by atoms with Gasteiger partial charge < -0.3 is 14.9 Å². The lowest BCUT2D eigenvalue weighted by Crippen LogP contribution is -2.68. The van der Waals surface area contributed by atoms with Crippen molar-refractivity contribution in [3.63, 3.8) is 0 Å². The SMILES string of the molecule is C=C1[C@H]2C[C@@]3([C@@H]1OC(C)=O)[C@@H](C[C@@H]2O)[C@@]12[C@@H]4C[C@H]3[C@H]1N(CC)C[C@]4(C)CC[C@@H]2O. The van der Waals surface area contributed by atoms with E-state index >= 15 is 0 Å². The van der Waals surface area contributed by atoms with Crippen molar-refractivity contribution in [3.8, 4) is 0 Å². The third-order valence-electron chi connectivity index (χ3n) is 10.8. The number of aliphatic hydroxyl groups excluding tert-OH is 2. The highest BCUT2D eigenvalue weighted by molar-refractivity contribution is 5.67. The van der Waals surface area contributed by atoms with Gasteiger partial charge in [0.1, 0.15) is 6.10 Å². The van der Waals surface area contributed by atoms with Gasteiger partial charge in [-0.25, -0.2) is 0 Å². The summed E-state index contributed by atoms with van der Waals surface area (Å²) in [4.78, 5) is 14.7. The Balaban J connectivity index is 1.58. The number of carbonyl (C=O) groups excluding carboxylic acids is 1. The fraction of sp³-hybridized carbons (Fsp3) is 0.875. The quantitative estimate of drug-likeness (QED) is 0.549. The first-order valence-electron chi connectivity index (χ1n) is 11.7. The first kappa shape index (κ1) is 18.8. The topological polar surface area (TPSA) is 70.0 Å². The van der Waals surface area contributed by atoms with Gasteiger partial charge in [0, 0.05) is 36.3 Å². The van der Waals surface area contributed by atoms with Crippen LogP contribution in [-0.4, -0.2) is 58.5 Å². The molecule has 6 rings (SSSR count). The molecule has 5 heteroatoms. The van der Waals surface area contributed by atoms with E-state index in [1.54, 1.807) is 0 Å². The molecule has 2 N–H and O–H groups in total. The molecule has 0 aromatic carbocycles. The van der Waals surface area contributed by atoms with Gasteiger partial charge in [-0.1, -0.05) is 20.4 Å². The summed E-state index contributed by atoms with van der Waals surface area (Å²) in [5, 5.41) is 22.8. The highest BCUT2D eigenvalue weighted by Gasteiger charge is 2.85. The Bertz CT molecular complexity index is 798. The van der Waals surface area contributed by atoms with Crippen molar-refractivity contribution in [2.24, 2.45) is 39.9 Å². The van der Waals surface area contributed by atoms with Crippen LogP contribution in [0.25, 0.3) is 0 Å². The molecule has 0 radical (unpaired) electrons. The van der Waals surface area contributed by atoms with Gasteiger partial charge in [-0.15, -0.1) is 0 Å². The molecule has 5 aliphatic carbocycles. The summed E-state index contributed by atoms with van der Waals surface area (Å²) in [6.07, 6.45) is 3.58.